The lowest BCUT2D eigenvalue weighted by atomic mass is 10.2. The molecule has 2 rings (SSSR count). The van der Waals surface area contributed by atoms with Crippen molar-refractivity contribution >= 4 is 12.0 Å². The van der Waals surface area contributed by atoms with E-state index in [4.69, 9.17) is 14.2 Å². The number of ether oxygens (including phenoxy) is 3. The van der Waals surface area contributed by atoms with Crippen LogP contribution in [0.2, 0.25) is 0 Å². The van der Waals surface area contributed by atoms with Crippen LogP contribution < -0.4 is 9.64 Å². The zero-order valence-electron chi connectivity index (χ0n) is 12.3. The normalized spacial score (nSPS) is 16.0. The van der Waals surface area contributed by atoms with Gasteiger partial charge < -0.3 is 19.1 Å². The Hall–Kier alpha value is -1.85. The van der Waals surface area contributed by atoms with Gasteiger partial charge in [-0.3, -0.25) is 0 Å². The molecule has 0 unspecified atom stereocenters. The number of nitrogens with one attached hydrogen (secondary N) is 1. The van der Waals surface area contributed by atoms with Crippen LogP contribution in [0.15, 0.2) is 30.3 Å². The van der Waals surface area contributed by atoms with Crippen molar-refractivity contribution < 1.29 is 23.9 Å². The lowest BCUT2D eigenvalue weighted by molar-refractivity contribution is -0.908. The Bertz CT molecular complexity index is 464. The van der Waals surface area contributed by atoms with E-state index < -0.39 is 0 Å². The van der Waals surface area contributed by atoms with Gasteiger partial charge in [-0.25, -0.2) is 4.79 Å². The van der Waals surface area contributed by atoms with Gasteiger partial charge in [-0.1, -0.05) is 12.1 Å². The highest BCUT2D eigenvalue weighted by atomic mass is 16.5. The summed E-state index contributed by atoms with van der Waals surface area (Å²) in [5, 5.41) is 0. The minimum Gasteiger partial charge on any atom is -0.497 e. The molecule has 1 aliphatic rings. The van der Waals surface area contributed by atoms with Gasteiger partial charge in [0.15, 0.2) is 0 Å². The summed E-state index contributed by atoms with van der Waals surface area (Å²) in [5.74, 6) is 0.488. The van der Waals surface area contributed by atoms with Crippen LogP contribution >= 0.6 is 0 Å². The molecule has 0 aliphatic carbocycles. The summed E-state index contributed by atoms with van der Waals surface area (Å²) in [6, 6.07) is 7.49. The van der Waals surface area contributed by atoms with Crippen LogP contribution in [0.4, 0.5) is 0 Å². The quantitative estimate of drug-likeness (QED) is 0.600. The van der Waals surface area contributed by atoms with Gasteiger partial charge in [0.2, 0.25) is 0 Å². The molecule has 1 aromatic carbocycles. The van der Waals surface area contributed by atoms with Gasteiger partial charge in [0.1, 0.15) is 32.0 Å². The topological polar surface area (TPSA) is 49.2 Å². The third kappa shape index (κ3) is 5.57. The molecule has 0 spiro atoms. The number of hydrogen-bond acceptors (Lipinski definition) is 4. The van der Waals surface area contributed by atoms with Crippen LogP contribution in [0, 0.1) is 0 Å². The fourth-order valence-corrected chi connectivity index (χ4v) is 2.13. The number of benzene rings is 1. The van der Waals surface area contributed by atoms with Crippen LogP contribution in [0.25, 0.3) is 6.08 Å². The first-order valence-electron chi connectivity index (χ1n) is 7.18. The van der Waals surface area contributed by atoms with Gasteiger partial charge in [0.05, 0.1) is 20.3 Å². The van der Waals surface area contributed by atoms with Crippen LogP contribution in [0.5, 0.6) is 5.75 Å². The molecule has 0 atom stereocenters. The highest BCUT2D eigenvalue weighted by Gasteiger charge is 2.13. The molecule has 0 amide bonds. The average Bonchev–Trinajstić information content (AvgIpc) is 2.54. The van der Waals surface area contributed by atoms with Crippen molar-refractivity contribution in [1.29, 1.82) is 0 Å². The van der Waals surface area contributed by atoms with Crippen LogP contribution in [-0.2, 0) is 14.3 Å². The fraction of sp³-hybridized carbons (Fsp3) is 0.438. The van der Waals surface area contributed by atoms with E-state index in [0.717, 1.165) is 44.2 Å². The van der Waals surface area contributed by atoms with Crippen LogP contribution in [-0.4, -0.2) is 52.5 Å². The second-order valence-electron chi connectivity index (χ2n) is 4.89. The Balaban J connectivity index is 1.69. The largest absolute Gasteiger partial charge is 0.497 e. The van der Waals surface area contributed by atoms with Crippen molar-refractivity contribution in [1.82, 2.24) is 0 Å². The molecule has 0 aromatic heterocycles. The van der Waals surface area contributed by atoms with Crippen molar-refractivity contribution in [3.63, 3.8) is 0 Å². The summed E-state index contributed by atoms with van der Waals surface area (Å²) in [5.41, 5.74) is 0.937. The molecule has 114 valence electrons. The molecule has 1 aromatic rings. The van der Waals surface area contributed by atoms with Gasteiger partial charge in [-0.05, 0) is 23.8 Å². The van der Waals surface area contributed by atoms with Crippen molar-refractivity contribution in [2.75, 3.05) is 46.6 Å². The molecule has 1 fully saturated rings. The molecule has 1 aliphatic heterocycles. The standard InChI is InChI=1S/C16H21NO4/c1-19-15-5-2-14(3-6-15)4-7-16(18)21-13-10-17-8-11-20-12-9-17/h2-7H,8-13H2,1H3/p+1/b7-4+. The Kier molecular flexibility index (Phi) is 6.24. The van der Waals surface area contributed by atoms with E-state index in [2.05, 4.69) is 0 Å². The Morgan fingerprint density at radius 1 is 1.29 bits per heavy atom. The second-order valence-corrected chi connectivity index (χ2v) is 4.89. The predicted molar refractivity (Wildman–Crippen MR) is 79.4 cm³/mol. The monoisotopic (exact) mass is 292 g/mol. The molecule has 21 heavy (non-hydrogen) atoms. The SMILES string of the molecule is COc1ccc(/C=C/C(=O)OCC[NH+]2CCOCC2)cc1. The summed E-state index contributed by atoms with van der Waals surface area (Å²) < 4.78 is 15.6. The third-order valence-corrected chi connectivity index (χ3v) is 3.43. The summed E-state index contributed by atoms with van der Waals surface area (Å²) in [6.45, 7) is 4.84. The second kappa shape index (κ2) is 8.44. The average molecular weight is 292 g/mol. The fourth-order valence-electron chi connectivity index (χ4n) is 2.13. The maximum atomic E-state index is 11.6. The minimum atomic E-state index is -0.307. The minimum absolute atomic E-state index is 0.307. The molecule has 5 nitrogen and oxygen atoms in total. The summed E-state index contributed by atoms with van der Waals surface area (Å²) >= 11 is 0. The molecule has 1 N–H and O–H groups in total. The molecular formula is C16H22NO4+. The third-order valence-electron chi connectivity index (χ3n) is 3.43. The number of carbonyl (C=O) groups is 1. The number of morpholine rings is 1. The van der Waals surface area contributed by atoms with Gasteiger partial charge in [-0.15, -0.1) is 0 Å². The van der Waals surface area contributed by atoms with E-state index >= 15 is 0 Å². The van der Waals surface area contributed by atoms with Gasteiger partial charge in [0, 0.05) is 6.08 Å². The number of hydrogen-bond donors (Lipinski definition) is 1. The number of carbonyl (C=O) groups excluding carboxylic acids is 1. The maximum Gasteiger partial charge on any atom is 0.330 e. The zero-order chi connectivity index (χ0) is 14.9. The smallest absolute Gasteiger partial charge is 0.330 e. The predicted octanol–water partition coefficient (Wildman–Crippen LogP) is 0.167. The van der Waals surface area contributed by atoms with Crippen molar-refractivity contribution in [3.05, 3.63) is 35.9 Å². The first kappa shape index (κ1) is 15.5. The molecule has 5 heteroatoms. The van der Waals surface area contributed by atoms with Gasteiger partial charge in [-0.2, -0.15) is 0 Å². The number of esters is 1. The van der Waals surface area contributed by atoms with E-state index in [9.17, 15) is 4.79 Å². The van der Waals surface area contributed by atoms with Gasteiger partial charge >= 0.3 is 5.97 Å². The van der Waals surface area contributed by atoms with E-state index in [0.29, 0.717) is 6.61 Å². The Morgan fingerprint density at radius 2 is 2.00 bits per heavy atom. The molecular weight excluding hydrogens is 270 g/mol. The zero-order valence-corrected chi connectivity index (χ0v) is 12.3. The molecule has 0 bridgehead atoms. The highest BCUT2D eigenvalue weighted by Crippen LogP contribution is 2.12. The highest BCUT2D eigenvalue weighted by molar-refractivity contribution is 5.87. The molecule has 1 heterocycles. The first-order valence-corrected chi connectivity index (χ1v) is 7.18. The Morgan fingerprint density at radius 3 is 2.67 bits per heavy atom. The van der Waals surface area contributed by atoms with Crippen molar-refractivity contribution in [2.24, 2.45) is 0 Å². The summed E-state index contributed by atoms with van der Waals surface area (Å²) in [7, 11) is 1.62. The van der Waals surface area contributed by atoms with E-state index in [-0.39, 0.29) is 5.97 Å². The lowest BCUT2D eigenvalue weighted by Crippen LogP contribution is -3.14. The molecule has 0 radical (unpaired) electrons. The van der Waals surface area contributed by atoms with Crippen molar-refractivity contribution in [2.45, 2.75) is 0 Å². The van der Waals surface area contributed by atoms with Crippen LogP contribution in [0.3, 0.4) is 0 Å². The maximum absolute atomic E-state index is 11.6. The summed E-state index contributed by atoms with van der Waals surface area (Å²) in [6.07, 6.45) is 3.19. The van der Waals surface area contributed by atoms with E-state index in [1.165, 1.54) is 11.0 Å². The molecule has 1 saturated heterocycles. The number of quaternary nitrogens is 1. The Labute approximate surface area is 125 Å². The first-order chi connectivity index (χ1) is 10.3. The lowest BCUT2D eigenvalue weighted by Gasteiger charge is -2.23. The number of methoxy groups -OCH3 is 1. The van der Waals surface area contributed by atoms with Crippen molar-refractivity contribution in [3.8, 4) is 5.75 Å². The summed E-state index contributed by atoms with van der Waals surface area (Å²) in [4.78, 5) is 13.0. The van der Waals surface area contributed by atoms with Gasteiger partial charge in [0.25, 0.3) is 0 Å². The van der Waals surface area contributed by atoms with Crippen LogP contribution in [0.1, 0.15) is 5.56 Å². The van der Waals surface area contributed by atoms with E-state index in [1.54, 1.807) is 13.2 Å². The molecule has 0 saturated carbocycles. The number of rotatable bonds is 6. The van der Waals surface area contributed by atoms with E-state index in [1.807, 2.05) is 24.3 Å².